The molecule has 7 heteroatoms. The lowest BCUT2D eigenvalue weighted by Gasteiger charge is -2.10. The number of aromatic hydroxyl groups is 1. The van der Waals surface area contributed by atoms with Gasteiger partial charge in [0.2, 0.25) is 0 Å². The molecule has 0 atom stereocenters. The van der Waals surface area contributed by atoms with Crippen LogP contribution in [0, 0.1) is 0 Å². The van der Waals surface area contributed by atoms with Crippen LogP contribution in [0.15, 0.2) is 42.7 Å². The summed E-state index contributed by atoms with van der Waals surface area (Å²) in [7, 11) is 0. The zero-order valence-corrected chi connectivity index (χ0v) is 11.2. The number of hydrogen-bond acceptors (Lipinski definition) is 2. The molecule has 108 valence electrons. The van der Waals surface area contributed by atoms with Crippen LogP contribution in [0.5, 0.6) is 5.75 Å². The molecular formula is C14H8ClF3N2O. The van der Waals surface area contributed by atoms with Crippen LogP contribution in [-0.4, -0.2) is 14.7 Å². The lowest BCUT2D eigenvalue weighted by molar-refractivity contribution is -0.137. The van der Waals surface area contributed by atoms with E-state index in [1.165, 1.54) is 16.7 Å². The first-order chi connectivity index (χ1) is 9.86. The molecule has 0 aliphatic carbocycles. The Morgan fingerprint density at radius 2 is 1.90 bits per heavy atom. The van der Waals surface area contributed by atoms with E-state index in [0.717, 1.165) is 17.6 Å². The summed E-state index contributed by atoms with van der Waals surface area (Å²) in [6.45, 7) is 0. The number of nitrogens with zero attached hydrogens (tertiary/aromatic N) is 2. The summed E-state index contributed by atoms with van der Waals surface area (Å²) in [5, 5.41) is 10.2. The molecule has 0 amide bonds. The van der Waals surface area contributed by atoms with E-state index >= 15 is 0 Å². The third-order valence-corrected chi connectivity index (χ3v) is 3.33. The molecule has 3 nitrogen and oxygen atoms in total. The Morgan fingerprint density at radius 3 is 2.57 bits per heavy atom. The molecule has 0 spiro atoms. The van der Waals surface area contributed by atoms with Crippen molar-refractivity contribution in [1.82, 2.24) is 9.55 Å². The van der Waals surface area contributed by atoms with Gasteiger partial charge in [-0.1, -0.05) is 11.6 Å². The number of pyridine rings is 1. The van der Waals surface area contributed by atoms with Crippen LogP contribution in [0.3, 0.4) is 0 Å². The Labute approximate surface area is 122 Å². The van der Waals surface area contributed by atoms with Gasteiger partial charge in [-0.3, -0.25) is 4.57 Å². The van der Waals surface area contributed by atoms with E-state index in [9.17, 15) is 18.3 Å². The summed E-state index contributed by atoms with van der Waals surface area (Å²) in [5.74, 6) is 0.218. The SMILES string of the molecule is Oc1ccc2ccn(-c3ncc(C(F)(F)F)cc3Cl)c2c1. The summed E-state index contributed by atoms with van der Waals surface area (Å²) in [5.41, 5.74) is -0.306. The number of rotatable bonds is 1. The minimum atomic E-state index is -4.49. The predicted octanol–water partition coefficient (Wildman–Crippen LogP) is 4.40. The van der Waals surface area contributed by atoms with Crippen LogP contribution < -0.4 is 0 Å². The molecule has 0 aliphatic rings. The second kappa shape index (κ2) is 4.66. The number of benzene rings is 1. The molecule has 0 radical (unpaired) electrons. The molecule has 3 rings (SSSR count). The van der Waals surface area contributed by atoms with Crippen LogP contribution >= 0.6 is 11.6 Å². The highest BCUT2D eigenvalue weighted by Gasteiger charge is 2.31. The zero-order chi connectivity index (χ0) is 15.2. The lowest BCUT2D eigenvalue weighted by Crippen LogP contribution is -2.07. The molecular weight excluding hydrogens is 305 g/mol. The summed E-state index contributed by atoms with van der Waals surface area (Å²) in [4.78, 5) is 3.80. The van der Waals surface area contributed by atoms with Crippen molar-refractivity contribution in [3.8, 4) is 11.6 Å². The lowest BCUT2D eigenvalue weighted by atomic mass is 10.2. The van der Waals surface area contributed by atoms with Crippen molar-refractivity contribution < 1.29 is 18.3 Å². The van der Waals surface area contributed by atoms with Crippen LogP contribution in [0.4, 0.5) is 13.2 Å². The summed E-state index contributed by atoms with van der Waals surface area (Å²) in [6, 6.07) is 7.29. The molecule has 0 saturated heterocycles. The number of aromatic nitrogens is 2. The maximum atomic E-state index is 12.6. The van der Waals surface area contributed by atoms with Crippen molar-refractivity contribution in [3.63, 3.8) is 0 Å². The zero-order valence-electron chi connectivity index (χ0n) is 10.4. The first-order valence-corrected chi connectivity index (χ1v) is 6.27. The van der Waals surface area contributed by atoms with Crippen molar-refractivity contribution in [2.75, 3.05) is 0 Å². The van der Waals surface area contributed by atoms with Crippen LogP contribution in [0.1, 0.15) is 5.56 Å². The van der Waals surface area contributed by atoms with Crippen LogP contribution in [0.25, 0.3) is 16.7 Å². The normalized spacial score (nSPS) is 12.0. The molecule has 2 heterocycles. The second-order valence-electron chi connectivity index (χ2n) is 4.46. The first kappa shape index (κ1) is 13.8. The van der Waals surface area contributed by atoms with E-state index in [1.807, 2.05) is 0 Å². The standard InChI is InChI=1S/C14H8ClF3N2O/c15-11-5-9(14(16,17)18)7-19-13(11)20-4-3-8-1-2-10(21)6-12(8)20/h1-7,21H. The van der Waals surface area contributed by atoms with Gasteiger partial charge in [0.1, 0.15) is 5.75 Å². The molecule has 1 aromatic carbocycles. The maximum absolute atomic E-state index is 12.6. The van der Waals surface area contributed by atoms with Gasteiger partial charge in [-0.15, -0.1) is 0 Å². The number of phenolic OH excluding ortho intramolecular Hbond substituents is 1. The van der Waals surface area contributed by atoms with Crippen LogP contribution in [-0.2, 0) is 6.18 Å². The molecule has 1 N–H and O–H groups in total. The van der Waals surface area contributed by atoms with Gasteiger partial charge in [0, 0.05) is 23.8 Å². The van der Waals surface area contributed by atoms with E-state index < -0.39 is 11.7 Å². The maximum Gasteiger partial charge on any atom is 0.417 e. The molecule has 0 bridgehead atoms. The molecule has 0 aliphatic heterocycles. The third-order valence-electron chi connectivity index (χ3n) is 3.05. The monoisotopic (exact) mass is 312 g/mol. The Balaban J connectivity index is 2.17. The number of hydrogen-bond donors (Lipinski definition) is 1. The molecule has 3 aromatic rings. The minimum absolute atomic E-state index is 0.0467. The van der Waals surface area contributed by atoms with E-state index in [4.69, 9.17) is 11.6 Å². The fourth-order valence-corrected chi connectivity index (χ4v) is 2.32. The second-order valence-corrected chi connectivity index (χ2v) is 4.86. The van der Waals surface area contributed by atoms with E-state index in [0.29, 0.717) is 5.52 Å². The molecule has 21 heavy (non-hydrogen) atoms. The summed E-state index contributed by atoms with van der Waals surface area (Å²) >= 11 is 5.92. The number of alkyl halides is 3. The van der Waals surface area contributed by atoms with E-state index in [1.54, 1.807) is 18.3 Å². The average Bonchev–Trinajstić information content (AvgIpc) is 2.80. The van der Waals surface area contributed by atoms with E-state index in [-0.39, 0.29) is 16.6 Å². The van der Waals surface area contributed by atoms with Gasteiger partial charge in [0.05, 0.1) is 16.1 Å². The van der Waals surface area contributed by atoms with Crippen molar-refractivity contribution in [2.24, 2.45) is 0 Å². The topological polar surface area (TPSA) is 38.0 Å². The Kier molecular flexibility index (Phi) is 3.06. The highest BCUT2D eigenvalue weighted by Crippen LogP contribution is 2.33. The highest BCUT2D eigenvalue weighted by atomic mass is 35.5. The molecule has 0 saturated carbocycles. The quantitative estimate of drug-likeness (QED) is 0.723. The van der Waals surface area contributed by atoms with Gasteiger partial charge >= 0.3 is 6.18 Å². The fourth-order valence-electron chi connectivity index (χ4n) is 2.06. The van der Waals surface area contributed by atoms with Gasteiger partial charge in [-0.25, -0.2) is 4.98 Å². The van der Waals surface area contributed by atoms with Crippen molar-refractivity contribution in [2.45, 2.75) is 6.18 Å². The minimum Gasteiger partial charge on any atom is -0.508 e. The average molecular weight is 313 g/mol. The Morgan fingerprint density at radius 1 is 1.14 bits per heavy atom. The van der Waals surface area contributed by atoms with Crippen molar-refractivity contribution in [1.29, 1.82) is 0 Å². The van der Waals surface area contributed by atoms with Gasteiger partial charge < -0.3 is 5.11 Å². The number of fused-ring (bicyclic) bond motifs is 1. The largest absolute Gasteiger partial charge is 0.508 e. The van der Waals surface area contributed by atoms with Crippen molar-refractivity contribution >= 4 is 22.5 Å². The third kappa shape index (κ3) is 2.42. The fraction of sp³-hybridized carbons (Fsp3) is 0.0714. The number of phenols is 1. The molecule has 2 aromatic heterocycles. The van der Waals surface area contributed by atoms with Crippen molar-refractivity contribution in [3.05, 3.63) is 53.3 Å². The van der Waals surface area contributed by atoms with Gasteiger partial charge in [-0.2, -0.15) is 13.2 Å². The summed E-state index contributed by atoms with van der Waals surface area (Å²) in [6.07, 6.45) is -2.13. The van der Waals surface area contributed by atoms with E-state index in [2.05, 4.69) is 4.98 Å². The van der Waals surface area contributed by atoms with Gasteiger partial charge in [0.25, 0.3) is 0 Å². The molecule has 0 fully saturated rings. The predicted molar refractivity (Wildman–Crippen MR) is 72.7 cm³/mol. The smallest absolute Gasteiger partial charge is 0.417 e. The Bertz CT molecular complexity index is 827. The highest BCUT2D eigenvalue weighted by molar-refractivity contribution is 6.32. The van der Waals surface area contributed by atoms with Gasteiger partial charge in [0.15, 0.2) is 5.82 Å². The summed E-state index contributed by atoms with van der Waals surface area (Å²) < 4.78 is 39.4. The first-order valence-electron chi connectivity index (χ1n) is 5.89. The molecule has 0 unspecified atom stereocenters. The number of halogens is 4. The van der Waals surface area contributed by atoms with Crippen LogP contribution in [0.2, 0.25) is 5.02 Å². The Hall–Kier alpha value is -2.21. The van der Waals surface area contributed by atoms with Gasteiger partial charge in [-0.05, 0) is 24.3 Å².